The first-order chi connectivity index (χ1) is 2.27. The molecule has 1 N–H and O–H groups in total. The summed E-state index contributed by atoms with van der Waals surface area (Å²) < 4.78 is 21.0. The summed E-state index contributed by atoms with van der Waals surface area (Å²) in [4.78, 5) is 0. The average molecular weight is 106 g/mol. The third kappa shape index (κ3) is 8.84. The summed E-state index contributed by atoms with van der Waals surface area (Å²) in [5.41, 5.74) is 0. The summed E-state index contributed by atoms with van der Waals surface area (Å²) in [6.07, 6.45) is -2.56. The number of alkyl halides is 2. The molecule has 0 spiro atoms. The van der Waals surface area contributed by atoms with E-state index in [1.165, 1.54) is 0 Å². The zero-order chi connectivity index (χ0) is 4.28. The van der Waals surface area contributed by atoms with Crippen LogP contribution in [0.15, 0.2) is 0 Å². The summed E-state index contributed by atoms with van der Waals surface area (Å²) in [6.45, 7) is -1.03. The van der Waals surface area contributed by atoms with Crippen molar-refractivity contribution >= 4 is 29.6 Å². The van der Waals surface area contributed by atoms with Gasteiger partial charge in [0.05, 0.1) is 0 Å². The van der Waals surface area contributed by atoms with Gasteiger partial charge < -0.3 is 5.11 Å². The standard InChI is InChI=1S/C2H4F2O.Na.H/c3-2(4)1-5;;/h2,5H,1H2;;. The number of rotatable bonds is 1. The molecule has 0 aromatic heterocycles. The molecule has 0 saturated heterocycles. The molecule has 1 nitrogen and oxygen atoms in total. The van der Waals surface area contributed by atoms with Crippen molar-refractivity contribution in [2.45, 2.75) is 6.43 Å². The maximum absolute atomic E-state index is 10.5. The van der Waals surface area contributed by atoms with Crippen molar-refractivity contribution in [1.29, 1.82) is 0 Å². The maximum atomic E-state index is 10.5. The van der Waals surface area contributed by atoms with E-state index in [-0.39, 0.29) is 29.6 Å². The molecule has 0 radical (unpaired) electrons. The van der Waals surface area contributed by atoms with Crippen molar-refractivity contribution in [3.8, 4) is 0 Å². The molecule has 0 atom stereocenters. The number of hydrogen-bond acceptors (Lipinski definition) is 1. The molecule has 0 fully saturated rings. The Kier molecular flexibility index (Phi) is 9.65. The van der Waals surface area contributed by atoms with E-state index < -0.39 is 13.0 Å². The SMILES string of the molecule is OCC(F)F.[NaH]. The Morgan fingerprint density at radius 2 is 1.67 bits per heavy atom. The van der Waals surface area contributed by atoms with Gasteiger partial charge in [0.25, 0.3) is 6.43 Å². The fourth-order valence-corrected chi connectivity index (χ4v) is 0. The number of aliphatic hydroxyl groups is 1. The van der Waals surface area contributed by atoms with Gasteiger partial charge in [-0.05, 0) is 0 Å². The molecule has 0 rings (SSSR count). The number of aliphatic hydroxyl groups excluding tert-OH is 1. The van der Waals surface area contributed by atoms with E-state index in [0.717, 1.165) is 0 Å². The molecule has 0 aromatic rings. The summed E-state index contributed by atoms with van der Waals surface area (Å²) >= 11 is 0. The topological polar surface area (TPSA) is 20.2 Å². The molecule has 0 aromatic carbocycles. The molecule has 4 heteroatoms. The summed E-state index contributed by atoms with van der Waals surface area (Å²) in [5, 5.41) is 7.39. The monoisotopic (exact) mass is 106 g/mol. The van der Waals surface area contributed by atoms with Gasteiger partial charge in [-0.25, -0.2) is 8.78 Å². The van der Waals surface area contributed by atoms with Gasteiger partial charge in [-0.3, -0.25) is 0 Å². The molecule has 0 unspecified atom stereocenters. The predicted molar refractivity (Wildman–Crippen MR) is 20.2 cm³/mol. The van der Waals surface area contributed by atoms with Gasteiger partial charge in [-0.1, -0.05) is 0 Å². The van der Waals surface area contributed by atoms with E-state index in [0.29, 0.717) is 0 Å². The van der Waals surface area contributed by atoms with Crippen molar-refractivity contribution in [1.82, 2.24) is 0 Å². The second-order valence-electron chi connectivity index (χ2n) is 0.574. The average Bonchev–Trinajstić information content (AvgIpc) is 1.38. The van der Waals surface area contributed by atoms with Crippen LogP contribution >= 0.6 is 0 Å². The van der Waals surface area contributed by atoms with Crippen LogP contribution in [-0.4, -0.2) is 47.7 Å². The third-order valence-corrected chi connectivity index (χ3v) is 0.138. The fourth-order valence-electron chi connectivity index (χ4n) is 0. The van der Waals surface area contributed by atoms with E-state index >= 15 is 0 Å². The fraction of sp³-hybridized carbons (Fsp3) is 1.00. The molecular formula is C2H5F2NaO. The van der Waals surface area contributed by atoms with Crippen molar-refractivity contribution < 1.29 is 13.9 Å². The van der Waals surface area contributed by atoms with Crippen LogP contribution in [0.3, 0.4) is 0 Å². The minimum atomic E-state index is -2.56. The Morgan fingerprint density at radius 3 is 1.67 bits per heavy atom. The normalized spacial score (nSPS) is 8.00. The van der Waals surface area contributed by atoms with Crippen LogP contribution in [-0.2, 0) is 0 Å². The van der Waals surface area contributed by atoms with Gasteiger partial charge in [-0.2, -0.15) is 0 Å². The van der Waals surface area contributed by atoms with Gasteiger partial charge in [0.2, 0.25) is 0 Å². The molecule has 0 amide bonds. The first kappa shape index (κ1) is 9.94. The number of halogens is 2. The Bertz CT molecular complexity index is 25.5. The van der Waals surface area contributed by atoms with Crippen LogP contribution in [0.5, 0.6) is 0 Å². The van der Waals surface area contributed by atoms with Crippen molar-refractivity contribution in [3.63, 3.8) is 0 Å². The van der Waals surface area contributed by atoms with Crippen molar-refractivity contribution in [2.75, 3.05) is 6.61 Å². The summed E-state index contributed by atoms with van der Waals surface area (Å²) in [5.74, 6) is 0. The number of hydrogen-bond donors (Lipinski definition) is 1. The van der Waals surface area contributed by atoms with Gasteiger partial charge in [0, 0.05) is 0 Å². The second-order valence-corrected chi connectivity index (χ2v) is 0.574. The van der Waals surface area contributed by atoms with E-state index in [2.05, 4.69) is 0 Å². The summed E-state index contributed by atoms with van der Waals surface area (Å²) in [7, 11) is 0. The minimum absolute atomic E-state index is 0. The molecule has 0 aliphatic rings. The van der Waals surface area contributed by atoms with Crippen LogP contribution in [0, 0.1) is 0 Å². The molecule has 0 aliphatic carbocycles. The zero-order valence-corrected chi connectivity index (χ0v) is 2.49. The second kappa shape index (κ2) is 5.82. The summed E-state index contributed by atoms with van der Waals surface area (Å²) in [6, 6.07) is 0. The molecule has 0 saturated carbocycles. The first-order valence-corrected chi connectivity index (χ1v) is 1.16. The molecular weight excluding hydrogens is 101 g/mol. The van der Waals surface area contributed by atoms with Crippen LogP contribution < -0.4 is 0 Å². The van der Waals surface area contributed by atoms with E-state index in [1.807, 2.05) is 0 Å². The third-order valence-electron chi connectivity index (χ3n) is 0.138. The van der Waals surface area contributed by atoms with Gasteiger partial charge >= 0.3 is 29.6 Å². The van der Waals surface area contributed by atoms with E-state index in [1.54, 1.807) is 0 Å². The van der Waals surface area contributed by atoms with E-state index in [9.17, 15) is 8.78 Å². The predicted octanol–water partition coefficient (Wildman–Crippen LogP) is -0.405. The van der Waals surface area contributed by atoms with Crippen LogP contribution in [0.2, 0.25) is 0 Å². The van der Waals surface area contributed by atoms with E-state index in [4.69, 9.17) is 5.11 Å². The van der Waals surface area contributed by atoms with Crippen LogP contribution in [0.25, 0.3) is 0 Å². The van der Waals surface area contributed by atoms with Gasteiger partial charge in [0.1, 0.15) is 6.61 Å². The van der Waals surface area contributed by atoms with Crippen LogP contribution in [0.1, 0.15) is 0 Å². The quantitative estimate of drug-likeness (QED) is 0.451. The van der Waals surface area contributed by atoms with Crippen molar-refractivity contribution in [3.05, 3.63) is 0 Å². The Balaban J connectivity index is 0. The molecule has 0 heterocycles. The Hall–Kier alpha value is 0.820. The Labute approximate surface area is 56.6 Å². The zero-order valence-electron chi connectivity index (χ0n) is 2.49. The molecule has 34 valence electrons. The molecule has 0 aliphatic heterocycles. The molecule has 0 bridgehead atoms. The van der Waals surface area contributed by atoms with Gasteiger partial charge in [-0.15, -0.1) is 0 Å². The Morgan fingerprint density at radius 1 is 1.50 bits per heavy atom. The van der Waals surface area contributed by atoms with Crippen LogP contribution in [0.4, 0.5) is 8.78 Å². The van der Waals surface area contributed by atoms with Gasteiger partial charge in [0.15, 0.2) is 0 Å². The van der Waals surface area contributed by atoms with Crippen molar-refractivity contribution in [2.24, 2.45) is 0 Å². The first-order valence-electron chi connectivity index (χ1n) is 1.16. The molecule has 6 heavy (non-hydrogen) atoms.